The molecule has 1 aliphatic heterocycles. The lowest BCUT2D eigenvalue weighted by Crippen LogP contribution is -2.48. The first-order valence-electron chi connectivity index (χ1n) is 11.6. The van der Waals surface area contributed by atoms with Crippen LogP contribution >= 0.6 is 11.3 Å². The van der Waals surface area contributed by atoms with Crippen LogP contribution in [0.25, 0.3) is 0 Å². The highest BCUT2D eigenvalue weighted by molar-refractivity contribution is 7.15. The monoisotopic (exact) mass is 474 g/mol. The summed E-state index contributed by atoms with van der Waals surface area (Å²) in [5, 5.41) is 9.88. The molecule has 1 aliphatic carbocycles. The van der Waals surface area contributed by atoms with Crippen LogP contribution in [-0.2, 0) is 14.3 Å². The van der Waals surface area contributed by atoms with Crippen LogP contribution in [0.4, 0.5) is 5.69 Å². The normalized spacial score (nSPS) is 21.2. The number of aromatic carboxylic acids is 1. The van der Waals surface area contributed by atoms with E-state index in [-0.39, 0.29) is 40.3 Å². The van der Waals surface area contributed by atoms with Crippen molar-refractivity contribution in [1.29, 1.82) is 0 Å². The Kier molecular flexibility index (Phi) is 8.19. The van der Waals surface area contributed by atoms with Crippen LogP contribution in [-0.4, -0.2) is 60.6 Å². The second kappa shape index (κ2) is 10.7. The average molecular weight is 475 g/mol. The summed E-state index contributed by atoms with van der Waals surface area (Å²) in [7, 11) is 0. The molecule has 8 heteroatoms. The number of ether oxygens (including phenoxy) is 1. The Morgan fingerprint density at radius 3 is 2.39 bits per heavy atom. The van der Waals surface area contributed by atoms with Crippen LogP contribution < -0.4 is 4.90 Å². The Morgan fingerprint density at radius 1 is 1.18 bits per heavy atom. The van der Waals surface area contributed by atoms with Gasteiger partial charge in [0, 0.05) is 24.4 Å². The van der Waals surface area contributed by atoms with Crippen molar-refractivity contribution >= 4 is 34.8 Å². The molecule has 1 N–H and O–H groups in total. The Morgan fingerprint density at radius 2 is 1.82 bits per heavy atom. The molecule has 33 heavy (non-hydrogen) atoms. The van der Waals surface area contributed by atoms with Crippen molar-refractivity contribution in [2.75, 3.05) is 37.7 Å². The standard InChI is InChI=1S/C25H34N2O5S/c1-17-5-7-18(8-6-17)23(29)27(16-21(28)26-11-13-32-14-12-26)20-15-19(9-10-25(2,3)4)33-22(20)24(30)31/h15,17-18H,5-8,11-14,16H2,1-4H3,(H,30,31). The fourth-order valence-corrected chi connectivity index (χ4v) is 4.96. The molecule has 2 fully saturated rings. The van der Waals surface area contributed by atoms with Crippen molar-refractivity contribution in [3.8, 4) is 11.8 Å². The quantitative estimate of drug-likeness (QED) is 0.655. The van der Waals surface area contributed by atoms with Crippen molar-refractivity contribution in [1.82, 2.24) is 4.90 Å². The van der Waals surface area contributed by atoms with E-state index in [0.29, 0.717) is 37.1 Å². The maximum absolute atomic E-state index is 13.6. The molecule has 2 amide bonds. The lowest BCUT2D eigenvalue weighted by Gasteiger charge is -2.33. The topological polar surface area (TPSA) is 87.2 Å². The lowest BCUT2D eigenvalue weighted by atomic mass is 9.82. The van der Waals surface area contributed by atoms with Gasteiger partial charge in [0.1, 0.15) is 11.4 Å². The van der Waals surface area contributed by atoms with Gasteiger partial charge in [0.15, 0.2) is 0 Å². The summed E-state index contributed by atoms with van der Waals surface area (Å²) in [5.41, 5.74) is 0.0321. The Labute approximate surface area is 200 Å². The summed E-state index contributed by atoms with van der Waals surface area (Å²) < 4.78 is 5.33. The largest absolute Gasteiger partial charge is 0.477 e. The van der Waals surface area contributed by atoms with Gasteiger partial charge in [-0.25, -0.2) is 4.79 Å². The minimum absolute atomic E-state index is 0.0421. The lowest BCUT2D eigenvalue weighted by molar-refractivity contribution is -0.135. The van der Waals surface area contributed by atoms with Gasteiger partial charge in [-0.2, -0.15) is 0 Å². The van der Waals surface area contributed by atoms with Gasteiger partial charge in [-0.3, -0.25) is 9.59 Å². The summed E-state index contributed by atoms with van der Waals surface area (Å²) in [5.74, 6) is 5.07. The SMILES string of the molecule is CC1CCC(C(=O)N(CC(=O)N2CCOCC2)c2cc(C#CC(C)(C)C)sc2C(=O)O)CC1. The number of carboxylic acids is 1. The number of anilines is 1. The highest BCUT2D eigenvalue weighted by Gasteiger charge is 2.34. The van der Waals surface area contributed by atoms with Crippen molar-refractivity contribution in [2.24, 2.45) is 17.3 Å². The summed E-state index contributed by atoms with van der Waals surface area (Å²) in [6.45, 7) is 9.82. The summed E-state index contributed by atoms with van der Waals surface area (Å²) >= 11 is 1.05. The van der Waals surface area contributed by atoms with E-state index in [1.54, 1.807) is 11.0 Å². The van der Waals surface area contributed by atoms with E-state index in [1.165, 1.54) is 4.90 Å². The molecular weight excluding hydrogens is 440 g/mol. The molecule has 7 nitrogen and oxygen atoms in total. The van der Waals surface area contributed by atoms with Gasteiger partial charge in [-0.05, 0) is 58.4 Å². The zero-order chi connectivity index (χ0) is 24.2. The van der Waals surface area contributed by atoms with E-state index in [2.05, 4.69) is 18.8 Å². The van der Waals surface area contributed by atoms with Gasteiger partial charge in [-0.1, -0.05) is 18.8 Å². The molecule has 0 bridgehead atoms. The fraction of sp³-hybridized carbons (Fsp3) is 0.640. The Bertz CT molecular complexity index is 938. The van der Waals surface area contributed by atoms with Gasteiger partial charge >= 0.3 is 5.97 Å². The first kappa shape index (κ1) is 25.3. The van der Waals surface area contributed by atoms with Crippen LogP contribution in [0.2, 0.25) is 0 Å². The van der Waals surface area contributed by atoms with E-state index in [0.717, 1.165) is 37.0 Å². The molecule has 0 spiro atoms. The number of morpholine rings is 1. The maximum Gasteiger partial charge on any atom is 0.348 e. The zero-order valence-corrected chi connectivity index (χ0v) is 20.8. The molecule has 1 aromatic heterocycles. The van der Waals surface area contributed by atoms with Crippen LogP contribution in [0.5, 0.6) is 0 Å². The number of thiophene rings is 1. The first-order valence-corrected chi connectivity index (χ1v) is 12.4. The molecule has 2 heterocycles. The summed E-state index contributed by atoms with van der Waals surface area (Å²) in [6.07, 6.45) is 3.43. The smallest absolute Gasteiger partial charge is 0.348 e. The molecule has 1 saturated heterocycles. The third-order valence-corrected chi connectivity index (χ3v) is 7.07. The molecule has 0 atom stereocenters. The fourth-order valence-electron chi connectivity index (χ4n) is 4.10. The number of nitrogens with zero attached hydrogens (tertiary/aromatic N) is 2. The van der Waals surface area contributed by atoms with E-state index >= 15 is 0 Å². The van der Waals surface area contributed by atoms with Gasteiger partial charge in [0.2, 0.25) is 11.8 Å². The zero-order valence-electron chi connectivity index (χ0n) is 20.0. The molecule has 0 radical (unpaired) electrons. The van der Waals surface area contributed by atoms with Crippen LogP contribution in [0.15, 0.2) is 6.07 Å². The first-order chi connectivity index (χ1) is 15.5. The highest BCUT2D eigenvalue weighted by Crippen LogP contribution is 2.35. The Hall–Kier alpha value is -2.37. The number of hydrogen-bond donors (Lipinski definition) is 1. The van der Waals surface area contributed by atoms with Gasteiger partial charge in [0.25, 0.3) is 0 Å². The van der Waals surface area contributed by atoms with Crippen molar-refractivity contribution in [3.63, 3.8) is 0 Å². The van der Waals surface area contributed by atoms with Crippen molar-refractivity contribution in [2.45, 2.75) is 53.4 Å². The van der Waals surface area contributed by atoms with E-state index in [4.69, 9.17) is 4.74 Å². The van der Waals surface area contributed by atoms with E-state index in [1.807, 2.05) is 20.8 Å². The molecule has 1 aromatic rings. The van der Waals surface area contributed by atoms with E-state index < -0.39 is 5.97 Å². The van der Waals surface area contributed by atoms with Crippen LogP contribution in [0, 0.1) is 29.1 Å². The molecule has 2 aliphatic rings. The van der Waals surface area contributed by atoms with E-state index in [9.17, 15) is 19.5 Å². The summed E-state index contributed by atoms with van der Waals surface area (Å²) in [6, 6.07) is 1.66. The van der Waals surface area contributed by atoms with Gasteiger partial charge in [0.05, 0.1) is 23.8 Å². The second-order valence-electron chi connectivity index (χ2n) is 10.0. The minimum atomic E-state index is -1.12. The van der Waals surface area contributed by atoms with Crippen LogP contribution in [0.3, 0.4) is 0 Å². The third-order valence-electron chi connectivity index (χ3n) is 6.05. The van der Waals surface area contributed by atoms with Crippen molar-refractivity contribution in [3.05, 3.63) is 15.8 Å². The maximum atomic E-state index is 13.6. The van der Waals surface area contributed by atoms with Crippen LogP contribution in [0.1, 0.15) is 67.9 Å². The second-order valence-corrected chi connectivity index (χ2v) is 11.1. The average Bonchev–Trinajstić information content (AvgIpc) is 3.20. The number of carbonyl (C=O) groups is 3. The van der Waals surface area contributed by atoms with Gasteiger partial charge < -0.3 is 19.6 Å². The number of amides is 2. The predicted octanol–water partition coefficient (Wildman–Crippen LogP) is 3.86. The molecule has 0 aromatic carbocycles. The molecule has 0 unspecified atom stereocenters. The number of rotatable bonds is 5. The Balaban J connectivity index is 1.95. The number of carboxylic acid groups (broad SMARTS) is 1. The highest BCUT2D eigenvalue weighted by atomic mass is 32.1. The summed E-state index contributed by atoms with van der Waals surface area (Å²) in [4.78, 5) is 42.5. The predicted molar refractivity (Wildman–Crippen MR) is 128 cm³/mol. The van der Waals surface area contributed by atoms with Gasteiger partial charge in [-0.15, -0.1) is 11.3 Å². The van der Waals surface area contributed by atoms with Crippen molar-refractivity contribution < 1.29 is 24.2 Å². The number of carbonyl (C=O) groups excluding carboxylic acids is 2. The molecule has 1 saturated carbocycles. The minimum Gasteiger partial charge on any atom is -0.477 e. The molecule has 3 rings (SSSR count). The molecule has 180 valence electrons. The molecular formula is C25H34N2O5S. The number of hydrogen-bond acceptors (Lipinski definition) is 5. The third kappa shape index (κ3) is 6.81.